The van der Waals surface area contributed by atoms with Crippen molar-refractivity contribution >= 4 is 40.0 Å². The molecular formula is C20H13ClF3N5O2. The van der Waals surface area contributed by atoms with E-state index in [0.717, 1.165) is 12.1 Å². The number of nitrogens with one attached hydrogen (secondary N) is 3. The van der Waals surface area contributed by atoms with Crippen molar-refractivity contribution in [2.24, 2.45) is 0 Å². The number of ether oxygens (including phenoxy) is 1. The first-order valence-corrected chi connectivity index (χ1v) is 9.19. The van der Waals surface area contributed by atoms with Gasteiger partial charge in [0.1, 0.15) is 11.3 Å². The molecule has 0 radical (unpaired) electrons. The Morgan fingerprint density at radius 3 is 2.48 bits per heavy atom. The average Bonchev–Trinajstić information content (AvgIpc) is 3.13. The first-order valence-electron chi connectivity index (χ1n) is 8.81. The van der Waals surface area contributed by atoms with Gasteiger partial charge in [0.2, 0.25) is 0 Å². The fourth-order valence-electron chi connectivity index (χ4n) is 2.71. The number of carbonyl (C=O) groups excluding carboxylic acids is 1. The van der Waals surface area contributed by atoms with Gasteiger partial charge < -0.3 is 20.4 Å². The molecule has 158 valence electrons. The van der Waals surface area contributed by atoms with Gasteiger partial charge >= 0.3 is 12.2 Å². The van der Waals surface area contributed by atoms with Crippen molar-refractivity contribution in [2.45, 2.75) is 6.18 Å². The number of halogens is 4. The van der Waals surface area contributed by atoms with Gasteiger partial charge in [-0.1, -0.05) is 17.7 Å². The van der Waals surface area contributed by atoms with E-state index in [0.29, 0.717) is 22.5 Å². The minimum absolute atomic E-state index is 0.0188. The minimum Gasteiger partial charge on any atom is -0.426 e. The molecule has 2 aromatic carbocycles. The summed E-state index contributed by atoms with van der Waals surface area (Å²) in [5, 5.41) is 5.17. The maximum absolute atomic E-state index is 12.8. The average molecular weight is 448 g/mol. The Morgan fingerprint density at radius 2 is 1.77 bits per heavy atom. The highest BCUT2D eigenvalue weighted by Gasteiger charge is 2.30. The van der Waals surface area contributed by atoms with Crippen LogP contribution in [0.2, 0.25) is 5.15 Å². The van der Waals surface area contributed by atoms with Crippen molar-refractivity contribution in [3.8, 4) is 11.8 Å². The van der Waals surface area contributed by atoms with Crippen molar-refractivity contribution in [1.82, 2.24) is 15.0 Å². The molecule has 0 saturated heterocycles. The zero-order valence-electron chi connectivity index (χ0n) is 15.5. The molecule has 2 aromatic heterocycles. The van der Waals surface area contributed by atoms with Crippen molar-refractivity contribution in [3.05, 3.63) is 71.5 Å². The Labute approximate surface area is 178 Å². The zero-order valence-corrected chi connectivity index (χ0v) is 16.3. The Kier molecular flexibility index (Phi) is 5.38. The summed E-state index contributed by atoms with van der Waals surface area (Å²) in [6.07, 6.45) is -2.97. The zero-order chi connectivity index (χ0) is 22.0. The second-order valence-corrected chi connectivity index (χ2v) is 6.68. The maximum atomic E-state index is 12.8. The summed E-state index contributed by atoms with van der Waals surface area (Å²) in [6, 6.07) is 11.9. The van der Waals surface area contributed by atoms with Crippen molar-refractivity contribution < 1.29 is 22.7 Å². The first kappa shape index (κ1) is 20.5. The number of alkyl halides is 3. The van der Waals surface area contributed by atoms with Crippen LogP contribution in [0.15, 0.2) is 60.8 Å². The summed E-state index contributed by atoms with van der Waals surface area (Å²) in [7, 11) is 0. The smallest absolute Gasteiger partial charge is 0.416 e. The third-order valence-corrected chi connectivity index (χ3v) is 4.40. The highest BCUT2D eigenvalue weighted by Crippen LogP contribution is 2.31. The molecule has 3 N–H and O–H groups in total. The van der Waals surface area contributed by atoms with E-state index < -0.39 is 17.8 Å². The number of pyridine rings is 1. The Hall–Kier alpha value is -3.79. The van der Waals surface area contributed by atoms with Gasteiger partial charge in [-0.3, -0.25) is 0 Å². The quantitative estimate of drug-likeness (QED) is 0.331. The minimum atomic E-state index is -4.49. The van der Waals surface area contributed by atoms with Crippen LogP contribution in [0.4, 0.5) is 29.3 Å². The summed E-state index contributed by atoms with van der Waals surface area (Å²) in [6.45, 7) is 0. The monoisotopic (exact) mass is 447 g/mol. The number of rotatable bonds is 4. The molecule has 0 aliphatic heterocycles. The van der Waals surface area contributed by atoms with Gasteiger partial charge in [0.05, 0.1) is 11.1 Å². The number of fused-ring (bicyclic) bond motifs is 1. The number of hydrogen-bond donors (Lipinski definition) is 3. The summed E-state index contributed by atoms with van der Waals surface area (Å²) in [4.78, 5) is 23.2. The normalized spacial score (nSPS) is 11.4. The van der Waals surface area contributed by atoms with Crippen LogP contribution in [0.1, 0.15) is 5.56 Å². The lowest BCUT2D eigenvalue weighted by Crippen LogP contribution is -2.19. The summed E-state index contributed by atoms with van der Waals surface area (Å²) < 4.78 is 43.9. The van der Waals surface area contributed by atoms with Gasteiger partial charge in [0.15, 0.2) is 5.15 Å². The number of aromatic amines is 1. The Bertz CT molecular complexity index is 1240. The number of amides is 2. The number of anilines is 2. The molecule has 0 saturated carbocycles. The molecule has 2 heterocycles. The number of aromatic nitrogens is 3. The van der Waals surface area contributed by atoms with E-state index >= 15 is 0 Å². The van der Waals surface area contributed by atoms with Crippen LogP contribution in [0, 0.1) is 0 Å². The molecule has 0 unspecified atom stereocenters. The number of nitrogens with zero attached hydrogens (tertiary/aromatic N) is 2. The third-order valence-electron chi connectivity index (χ3n) is 4.11. The number of urea groups is 1. The topological polar surface area (TPSA) is 91.9 Å². The van der Waals surface area contributed by atoms with E-state index in [4.69, 9.17) is 16.3 Å². The third kappa shape index (κ3) is 4.86. The van der Waals surface area contributed by atoms with Gasteiger partial charge in [0.25, 0.3) is 6.01 Å². The molecule has 2 amide bonds. The maximum Gasteiger partial charge on any atom is 0.416 e. The van der Waals surface area contributed by atoms with Crippen LogP contribution in [-0.4, -0.2) is 21.0 Å². The Morgan fingerprint density at radius 1 is 1.03 bits per heavy atom. The number of hydrogen-bond acceptors (Lipinski definition) is 4. The highest BCUT2D eigenvalue weighted by molar-refractivity contribution is 6.33. The molecular weight excluding hydrogens is 435 g/mol. The largest absolute Gasteiger partial charge is 0.426 e. The molecule has 11 heteroatoms. The van der Waals surface area contributed by atoms with E-state index in [-0.39, 0.29) is 16.9 Å². The number of benzene rings is 2. The van der Waals surface area contributed by atoms with Crippen LogP contribution >= 0.6 is 11.6 Å². The van der Waals surface area contributed by atoms with Gasteiger partial charge in [-0.15, -0.1) is 0 Å². The predicted molar refractivity (Wildman–Crippen MR) is 110 cm³/mol. The van der Waals surface area contributed by atoms with Gasteiger partial charge in [-0.25, -0.2) is 9.78 Å². The Balaban J connectivity index is 1.39. The molecule has 0 spiro atoms. The molecule has 0 atom stereocenters. The van der Waals surface area contributed by atoms with Crippen molar-refractivity contribution in [1.29, 1.82) is 0 Å². The second kappa shape index (κ2) is 8.15. The fraction of sp³-hybridized carbons (Fsp3) is 0.0500. The van der Waals surface area contributed by atoms with Crippen LogP contribution in [0.5, 0.6) is 11.8 Å². The van der Waals surface area contributed by atoms with Crippen molar-refractivity contribution in [3.63, 3.8) is 0 Å². The van der Waals surface area contributed by atoms with E-state index in [9.17, 15) is 18.0 Å². The van der Waals surface area contributed by atoms with E-state index in [2.05, 4.69) is 25.6 Å². The van der Waals surface area contributed by atoms with E-state index in [1.165, 1.54) is 18.3 Å². The SMILES string of the molecule is O=C(Nc1ccc(Oc2nc3ccnc(Cl)c3[nH]2)cc1)Nc1cccc(C(F)(F)F)c1. The molecule has 31 heavy (non-hydrogen) atoms. The predicted octanol–water partition coefficient (Wildman–Crippen LogP) is 6.07. The molecule has 4 aromatic rings. The molecule has 0 aliphatic rings. The van der Waals surface area contributed by atoms with Crippen LogP contribution in [-0.2, 0) is 6.18 Å². The summed E-state index contributed by atoms with van der Waals surface area (Å²) in [5.41, 5.74) is 0.719. The van der Waals surface area contributed by atoms with Gasteiger partial charge in [-0.05, 0) is 48.5 Å². The van der Waals surface area contributed by atoms with E-state index in [1.54, 1.807) is 30.3 Å². The molecule has 0 aliphatic carbocycles. The lowest BCUT2D eigenvalue weighted by Gasteiger charge is -2.11. The van der Waals surface area contributed by atoms with Crippen LogP contribution in [0.25, 0.3) is 11.0 Å². The first-order chi connectivity index (χ1) is 14.8. The number of H-pyrrole nitrogens is 1. The molecule has 7 nitrogen and oxygen atoms in total. The molecule has 0 fully saturated rings. The van der Waals surface area contributed by atoms with Crippen LogP contribution in [0.3, 0.4) is 0 Å². The fourth-order valence-corrected chi connectivity index (χ4v) is 2.91. The van der Waals surface area contributed by atoms with Gasteiger partial charge in [0, 0.05) is 17.6 Å². The number of carbonyl (C=O) groups is 1. The van der Waals surface area contributed by atoms with E-state index in [1.807, 2.05) is 0 Å². The van der Waals surface area contributed by atoms with Gasteiger partial charge in [-0.2, -0.15) is 18.2 Å². The van der Waals surface area contributed by atoms with Crippen molar-refractivity contribution in [2.75, 3.05) is 10.6 Å². The second-order valence-electron chi connectivity index (χ2n) is 6.32. The molecule has 0 bridgehead atoms. The van der Waals surface area contributed by atoms with Crippen LogP contribution < -0.4 is 15.4 Å². The summed E-state index contributed by atoms with van der Waals surface area (Å²) in [5.74, 6) is 0.437. The number of imidazole rings is 1. The lowest BCUT2D eigenvalue weighted by molar-refractivity contribution is -0.137. The summed E-state index contributed by atoms with van der Waals surface area (Å²) >= 11 is 5.99. The highest BCUT2D eigenvalue weighted by atomic mass is 35.5. The lowest BCUT2D eigenvalue weighted by atomic mass is 10.2. The molecule has 4 rings (SSSR count). The standard InChI is InChI=1S/C20H13ClF3N5O2/c21-17-16-15(8-9-25-17)28-19(29-16)31-14-6-4-12(5-7-14)26-18(30)27-13-3-1-2-11(10-13)20(22,23)24/h1-10H,(H,28,29)(H2,26,27,30).